The largest absolute Gasteiger partial charge is 0.365 e. The number of amides is 1. The van der Waals surface area contributed by atoms with Gasteiger partial charge in [-0.3, -0.25) is 4.79 Å². The van der Waals surface area contributed by atoms with Gasteiger partial charge >= 0.3 is 0 Å². The van der Waals surface area contributed by atoms with E-state index in [4.69, 9.17) is 0 Å². The highest BCUT2D eigenvalue weighted by atomic mass is 16.2. The van der Waals surface area contributed by atoms with E-state index in [1.165, 1.54) is 5.56 Å². The number of carbonyl (C=O) groups excluding carboxylic acids is 1. The molecule has 0 saturated heterocycles. The van der Waals surface area contributed by atoms with Gasteiger partial charge in [0.25, 0.3) is 0 Å². The summed E-state index contributed by atoms with van der Waals surface area (Å²) in [6.07, 6.45) is 0.965. The first kappa shape index (κ1) is 15.5. The zero-order chi connectivity index (χ0) is 14.1. The molecular weight excluding hydrogens is 238 g/mol. The fourth-order valence-corrected chi connectivity index (χ4v) is 1.91. The molecule has 0 heterocycles. The number of benzene rings is 1. The fourth-order valence-electron chi connectivity index (χ4n) is 1.91. The fraction of sp³-hybridized carbons (Fsp3) is 0.533. The van der Waals surface area contributed by atoms with Crippen LogP contribution in [-0.4, -0.2) is 32.6 Å². The molecule has 0 atom stereocenters. The molecule has 0 aromatic heterocycles. The summed E-state index contributed by atoms with van der Waals surface area (Å²) in [5.74, 6) is 0.0719. The Morgan fingerprint density at radius 3 is 2.68 bits per heavy atom. The SMILES string of the molecule is CCCNC(=O)CN(C)c1ccccc1CNCC. The van der Waals surface area contributed by atoms with Gasteiger partial charge in [0.2, 0.25) is 5.91 Å². The monoisotopic (exact) mass is 263 g/mol. The van der Waals surface area contributed by atoms with E-state index in [0.29, 0.717) is 6.54 Å². The first-order chi connectivity index (χ1) is 9.19. The molecule has 0 radical (unpaired) electrons. The molecule has 4 heteroatoms. The molecule has 2 N–H and O–H groups in total. The molecule has 0 aliphatic heterocycles. The van der Waals surface area contributed by atoms with E-state index in [9.17, 15) is 4.79 Å². The van der Waals surface area contributed by atoms with Gasteiger partial charge < -0.3 is 15.5 Å². The van der Waals surface area contributed by atoms with Crippen LogP contribution in [0.5, 0.6) is 0 Å². The van der Waals surface area contributed by atoms with Gasteiger partial charge in [0.1, 0.15) is 0 Å². The van der Waals surface area contributed by atoms with E-state index in [-0.39, 0.29) is 5.91 Å². The minimum absolute atomic E-state index is 0.0719. The maximum atomic E-state index is 11.7. The lowest BCUT2D eigenvalue weighted by molar-refractivity contribution is -0.119. The van der Waals surface area contributed by atoms with Crippen molar-refractivity contribution in [2.24, 2.45) is 0 Å². The number of rotatable bonds is 8. The van der Waals surface area contributed by atoms with Gasteiger partial charge in [0.05, 0.1) is 6.54 Å². The highest BCUT2D eigenvalue weighted by molar-refractivity contribution is 5.81. The second-order valence-corrected chi connectivity index (χ2v) is 4.62. The van der Waals surface area contributed by atoms with Crippen LogP contribution < -0.4 is 15.5 Å². The summed E-state index contributed by atoms with van der Waals surface area (Å²) >= 11 is 0. The molecule has 0 spiro atoms. The maximum Gasteiger partial charge on any atom is 0.239 e. The van der Waals surface area contributed by atoms with Crippen molar-refractivity contribution >= 4 is 11.6 Å². The van der Waals surface area contributed by atoms with Crippen molar-refractivity contribution in [3.63, 3.8) is 0 Å². The van der Waals surface area contributed by atoms with Crippen LogP contribution in [0.3, 0.4) is 0 Å². The standard InChI is InChI=1S/C15H25N3O/c1-4-10-17-15(19)12-18(3)14-9-7-6-8-13(14)11-16-5-2/h6-9,16H,4-5,10-12H2,1-3H3,(H,17,19). The molecule has 106 valence electrons. The van der Waals surface area contributed by atoms with Gasteiger partial charge in [0.15, 0.2) is 0 Å². The summed E-state index contributed by atoms with van der Waals surface area (Å²) in [6, 6.07) is 8.19. The molecule has 0 aliphatic rings. The summed E-state index contributed by atoms with van der Waals surface area (Å²) in [6.45, 7) is 7.04. The Kier molecular flexibility index (Phi) is 6.97. The quantitative estimate of drug-likeness (QED) is 0.751. The third-order valence-electron chi connectivity index (χ3n) is 2.92. The highest BCUT2D eigenvalue weighted by Crippen LogP contribution is 2.18. The molecule has 4 nitrogen and oxygen atoms in total. The van der Waals surface area contributed by atoms with E-state index in [0.717, 1.165) is 31.7 Å². The minimum atomic E-state index is 0.0719. The number of likely N-dealkylation sites (N-methyl/N-ethyl adjacent to an activating group) is 1. The molecule has 0 aliphatic carbocycles. The number of carbonyl (C=O) groups is 1. The Hall–Kier alpha value is -1.55. The van der Waals surface area contributed by atoms with Gasteiger partial charge in [-0.25, -0.2) is 0 Å². The van der Waals surface area contributed by atoms with Crippen molar-refractivity contribution in [2.75, 3.05) is 31.6 Å². The van der Waals surface area contributed by atoms with Crippen molar-refractivity contribution in [1.29, 1.82) is 0 Å². The molecule has 1 rings (SSSR count). The molecule has 0 bridgehead atoms. The van der Waals surface area contributed by atoms with Gasteiger partial charge in [-0.05, 0) is 24.6 Å². The van der Waals surface area contributed by atoms with Crippen molar-refractivity contribution in [2.45, 2.75) is 26.8 Å². The Bertz CT molecular complexity index is 393. The van der Waals surface area contributed by atoms with E-state index in [2.05, 4.69) is 36.6 Å². The first-order valence-corrected chi connectivity index (χ1v) is 6.95. The van der Waals surface area contributed by atoms with Crippen molar-refractivity contribution in [3.8, 4) is 0 Å². The van der Waals surface area contributed by atoms with Crippen molar-refractivity contribution in [1.82, 2.24) is 10.6 Å². The Morgan fingerprint density at radius 2 is 2.00 bits per heavy atom. The van der Waals surface area contributed by atoms with Crippen LogP contribution in [-0.2, 0) is 11.3 Å². The van der Waals surface area contributed by atoms with Crippen LogP contribution in [0, 0.1) is 0 Å². The Morgan fingerprint density at radius 1 is 1.26 bits per heavy atom. The molecule has 1 amide bonds. The lowest BCUT2D eigenvalue weighted by atomic mass is 10.1. The predicted octanol–water partition coefficient (Wildman–Crippen LogP) is 1.76. The third-order valence-corrected chi connectivity index (χ3v) is 2.92. The average molecular weight is 263 g/mol. The molecule has 0 fully saturated rings. The van der Waals surface area contributed by atoms with Crippen LogP contribution in [0.4, 0.5) is 5.69 Å². The number of para-hydroxylation sites is 1. The number of nitrogens with one attached hydrogen (secondary N) is 2. The summed E-state index contributed by atoms with van der Waals surface area (Å²) in [7, 11) is 1.95. The van der Waals surface area contributed by atoms with Crippen LogP contribution in [0.25, 0.3) is 0 Å². The summed E-state index contributed by atoms with van der Waals surface area (Å²) in [4.78, 5) is 13.7. The topological polar surface area (TPSA) is 44.4 Å². The number of nitrogens with zero attached hydrogens (tertiary/aromatic N) is 1. The lowest BCUT2D eigenvalue weighted by Gasteiger charge is -2.22. The Balaban J connectivity index is 2.64. The van der Waals surface area contributed by atoms with Crippen LogP contribution in [0.2, 0.25) is 0 Å². The summed E-state index contributed by atoms with van der Waals surface area (Å²) in [5, 5.41) is 6.22. The molecule has 0 saturated carbocycles. The molecular formula is C15H25N3O. The first-order valence-electron chi connectivity index (χ1n) is 6.95. The predicted molar refractivity (Wildman–Crippen MR) is 80.4 cm³/mol. The zero-order valence-corrected chi connectivity index (χ0v) is 12.2. The van der Waals surface area contributed by atoms with E-state index >= 15 is 0 Å². The second-order valence-electron chi connectivity index (χ2n) is 4.62. The van der Waals surface area contributed by atoms with Gasteiger partial charge in [-0.1, -0.05) is 32.0 Å². The molecule has 1 aromatic carbocycles. The smallest absolute Gasteiger partial charge is 0.239 e. The van der Waals surface area contributed by atoms with Gasteiger partial charge in [-0.15, -0.1) is 0 Å². The molecule has 19 heavy (non-hydrogen) atoms. The molecule has 1 aromatic rings. The molecule has 0 unspecified atom stereocenters. The highest BCUT2D eigenvalue weighted by Gasteiger charge is 2.10. The van der Waals surface area contributed by atoms with Gasteiger partial charge in [-0.2, -0.15) is 0 Å². The maximum absolute atomic E-state index is 11.7. The number of hydrogen-bond acceptors (Lipinski definition) is 3. The summed E-state index contributed by atoms with van der Waals surface area (Å²) < 4.78 is 0. The number of hydrogen-bond donors (Lipinski definition) is 2. The zero-order valence-electron chi connectivity index (χ0n) is 12.2. The van der Waals surface area contributed by atoms with Gasteiger partial charge in [0, 0.05) is 25.8 Å². The van der Waals surface area contributed by atoms with Crippen LogP contribution in [0.1, 0.15) is 25.8 Å². The van der Waals surface area contributed by atoms with Crippen molar-refractivity contribution < 1.29 is 4.79 Å². The van der Waals surface area contributed by atoms with E-state index in [1.54, 1.807) is 0 Å². The van der Waals surface area contributed by atoms with Crippen LogP contribution >= 0.6 is 0 Å². The van der Waals surface area contributed by atoms with Crippen LogP contribution in [0.15, 0.2) is 24.3 Å². The lowest BCUT2D eigenvalue weighted by Crippen LogP contribution is -2.36. The van der Waals surface area contributed by atoms with E-state index < -0.39 is 0 Å². The minimum Gasteiger partial charge on any atom is -0.365 e. The Labute approximate surface area is 116 Å². The normalized spacial score (nSPS) is 10.3. The number of anilines is 1. The average Bonchev–Trinajstić information content (AvgIpc) is 2.43. The third kappa shape index (κ3) is 5.30. The van der Waals surface area contributed by atoms with E-state index in [1.807, 2.05) is 24.1 Å². The summed E-state index contributed by atoms with van der Waals surface area (Å²) in [5.41, 5.74) is 2.32. The van der Waals surface area contributed by atoms with Crippen molar-refractivity contribution in [3.05, 3.63) is 29.8 Å². The second kappa shape index (κ2) is 8.53.